The number of hydrogen-bond donors (Lipinski definition) is 7. The monoisotopic (exact) mass is 482 g/mol. The molecule has 0 aromatic rings. The Kier molecular flexibility index (Phi) is 13.0. The van der Waals surface area contributed by atoms with Crippen molar-refractivity contribution in [1.29, 1.82) is 0 Å². The number of unbranched alkanes of at least 4 members (excludes halogenated alkanes) is 7. The van der Waals surface area contributed by atoms with Gasteiger partial charge in [-0.15, -0.1) is 0 Å². The molecule has 2 aliphatic heterocycles. The zero-order chi connectivity index (χ0) is 24.4. The Morgan fingerprint density at radius 3 is 1.76 bits per heavy atom. The summed E-state index contributed by atoms with van der Waals surface area (Å²) < 4.78 is 22.0. The Morgan fingerprint density at radius 2 is 1.15 bits per heavy atom. The molecule has 0 spiro atoms. The third kappa shape index (κ3) is 8.04. The molecule has 7 N–H and O–H groups in total. The van der Waals surface area contributed by atoms with Crippen molar-refractivity contribution in [2.24, 2.45) is 0 Å². The Bertz CT molecular complexity index is 521. The predicted octanol–water partition coefficient (Wildman–Crippen LogP) is -1.23. The van der Waals surface area contributed by atoms with Crippen LogP contribution in [0, 0.1) is 0 Å². The summed E-state index contributed by atoms with van der Waals surface area (Å²) in [4.78, 5) is 0. The average Bonchev–Trinajstić information content (AvgIpc) is 2.82. The van der Waals surface area contributed by atoms with Gasteiger partial charge in [-0.25, -0.2) is 0 Å². The van der Waals surface area contributed by atoms with Crippen molar-refractivity contribution in [2.75, 3.05) is 19.8 Å². The second kappa shape index (κ2) is 14.8. The molecule has 33 heavy (non-hydrogen) atoms. The fourth-order valence-electron chi connectivity index (χ4n) is 4.13. The van der Waals surface area contributed by atoms with Crippen LogP contribution in [0.1, 0.15) is 58.3 Å². The van der Waals surface area contributed by atoms with E-state index in [0.717, 1.165) is 19.3 Å². The highest BCUT2D eigenvalue weighted by Crippen LogP contribution is 2.29. The Morgan fingerprint density at radius 1 is 0.606 bits per heavy atom. The molecule has 0 aromatic carbocycles. The summed E-state index contributed by atoms with van der Waals surface area (Å²) in [7, 11) is 0. The van der Waals surface area contributed by atoms with Gasteiger partial charge in [-0.1, -0.05) is 51.9 Å². The summed E-state index contributed by atoms with van der Waals surface area (Å²) in [6, 6.07) is 0. The minimum Gasteiger partial charge on any atom is -0.394 e. The van der Waals surface area contributed by atoms with Crippen molar-refractivity contribution in [3.8, 4) is 0 Å². The minimum absolute atomic E-state index is 0.319. The summed E-state index contributed by atoms with van der Waals surface area (Å²) in [6.45, 7) is 1.28. The molecule has 2 aliphatic rings. The molecule has 0 saturated carbocycles. The molecule has 0 amide bonds. The Hall–Kier alpha value is -0.440. The van der Waals surface area contributed by atoms with E-state index in [1.165, 1.54) is 32.1 Å². The summed E-state index contributed by atoms with van der Waals surface area (Å²) >= 11 is 0. The molecular formula is C22H42O11. The molecule has 0 aliphatic carbocycles. The standard InChI is InChI=1S/C22H42O11/c1-2-3-4-5-6-7-8-9-10-30-21-19(29)17(27)20(14(12-24)32-21)33-22-18(28)16(26)15(25)13(11-23)31-22/h13-29H,2-12H2,1H3. The summed E-state index contributed by atoms with van der Waals surface area (Å²) in [5.41, 5.74) is 0. The maximum atomic E-state index is 10.6. The van der Waals surface area contributed by atoms with Crippen molar-refractivity contribution >= 4 is 0 Å². The van der Waals surface area contributed by atoms with E-state index in [1.54, 1.807) is 0 Å². The fraction of sp³-hybridized carbons (Fsp3) is 1.00. The number of ether oxygens (including phenoxy) is 4. The van der Waals surface area contributed by atoms with Crippen LogP contribution in [0.15, 0.2) is 0 Å². The Balaban J connectivity index is 1.82. The van der Waals surface area contributed by atoms with Gasteiger partial charge in [0, 0.05) is 6.61 Å². The SMILES string of the molecule is CCCCCCCCCCOC1OC(CO)C(OC2OC(CO)C(O)C(O)C2O)C(O)C1O. The molecule has 196 valence electrons. The zero-order valence-corrected chi connectivity index (χ0v) is 19.3. The van der Waals surface area contributed by atoms with E-state index in [0.29, 0.717) is 6.61 Å². The molecular weight excluding hydrogens is 440 g/mol. The lowest BCUT2D eigenvalue weighted by Crippen LogP contribution is -2.64. The van der Waals surface area contributed by atoms with Crippen molar-refractivity contribution in [1.82, 2.24) is 0 Å². The molecule has 11 heteroatoms. The van der Waals surface area contributed by atoms with Crippen molar-refractivity contribution < 1.29 is 54.7 Å². The first-order valence-electron chi connectivity index (χ1n) is 12.1. The van der Waals surface area contributed by atoms with Gasteiger partial charge in [0.2, 0.25) is 0 Å². The maximum absolute atomic E-state index is 10.6. The summed E-state index contributed by atoms with van der Waals surface area (Å²) in [6.07, 6.45) is -5.35. The van der Waals surface area contributed by atoms with Gasteiger partial charge < -0.3 is 54.7 Å². The molecule has 10 unspecified atom stereocenters. The lowest BCUT2D eigenvalue weighted by molar-refractivity contribution is -0.359. The predicted molar refractivity (Wildman–Crippen MR) is 115 cm³/mol. The van der Waals surface area contributed by atoms with Crippen LogP contribution in [0.4, 0.5) is 0 Å². The maximum Gasteiger partial charge on any atom is 0.187 e. The largest absolute Gasteiger partial charge is 0.394 e. The normalized spacial score (nSPS) is 39.6. The van der Waals surface area contributed by atoms with Crippen molar-refractivity contribution in [3.05, 3.63) is 0 Å². The molecule has 2 fully saturated rings. The van der Waals surface area contributed by atoms with Crippen LogP contribution >= 0.6 is 0 Å². The summed E-state index contributed by atoms with van der Waals surface area (Å²) in [5.74, 6) is 0. The molecule has 2 heterocycles. The molecule has 10 atom stereocenters. The lowest BCUT2D eigenvalue weighted by Gasteiger charge is -2.45. The number of aliphatic hydroxyl groups excluding tert-OH is 7. The van der Waals surface area contributed by atoms with Gasteiger partial charge in [0.15, 0.2) is 12.6 Å². The highest BCUT2D eigenvalue weighted by Gasteiger charge is 2.50. The third-order valence-electron chi connectivity index (χ3n) is 6.24. The van der Waals surface area contributed by atoms with E-state index in [4.69, 9.17) is 18.9 Å². The first kappa shape index (κ1) is 28.8. The minimum atomic E-state index is -1.69. The van der Waals surface area contributed by atoms with Gasteiger partial charge in [0.05, 0.1) is 13.2 Å². The third-order valence-corrected chi connectivity index (χ3v) is 6.24. The number of rotatable bonds is 14. The molecule has 2 saturated heterocycles. The van der Waals surface area contributed by atoms with Gasteiger partial charge in [0.25, 0.3) is 0 Å². The van der Waals surface area contributed by atoms with Gasteiger partial charge in [-0.2, -0.15) is 0 Å². The van der Waals surface area contributed by atoms with Crippen LogP contribution in [0.25, 0.3) is 0 Å². The van der Waals surface area contributed by atoms with E-state index in [2.05, 4.69) is 6.92 Å². The van der Waals surface area contributed by atoms with Crippen LogP contribution in [0.5, 0.6) is 0 Å². The van der Waals surface area contributed by atoms with E-state index in [-0.39, 0.29) is 0 Å². The van der Waals surface area contributed by atoms with Crippen LogP contribution in [-0.4, -0.2) is 117 Å². The van der Waals surface area contributed by atoms with Crippen LogP contribution in [0.3, 0.4) is 0 Å². The van der Waals surface area contributed by atoms with Crippen LogP contribution < -0.4 is 0 Å². The quantitative estimate of drug-likeness (QED) is 0.147. The second-order valence-electron chi connectivity index (χ2n) is 8.85. The molecule has 2 rings (SSSR count). The smallest absolute Gasteiger partial charge is 0.187 e. The van der Waals surface area contributed by atoms with Gasteiger partial charge >= 0.3 is 0 Å². The molecule has 0 bridgehead atoms. The fourth-order valence-corrected chi connectivity index (χ4v) is 4.13. The van der Waals surface area contributed by atoms with E-state index >= 15 is 0 Å². The van der Waals surface area contributed by atoms with E-state index in [1.807, 2.05) is 0 Å². The molecule has 0 radical (unpaired) electrons. The number of aliphatic hydroxyl groups is 7. The first-order chi connectivity index (χ1) is 15.8. The molecule has 0 aromatic heterocycles. The first-order valence-corrected chi connectivity index (χ1v) is 12.1. The Labute approximate surface area is 194 Å². The topological polar surface area (TPSA) is 179 Å². The van der Waals surface area contributed by atoms with Gasteiger partial charge in [-0.3, -0.25) is 0 Å². The lowest BCUT2D eigenvalue weighted by atomic mass is 9.97. The average molecular weight is 483 g/mol. The second-order valence-corrected chi connectivity index (χ2v) is 8.85. The van der Waals surface area contributed by atoms with Crippen LogP contribution in [0.2, 0.25) is 0 Å². The van der Waals surface area contributed by atoms with E-state index in [9.17, 15) is 35.7 Å². The summed E-state index contributed by atoms with van der Waals surface area (Å²) in [5, 5.41) is 69.9. The van der Waals surface area contributed by atoms with Gasteiger partial charge in [-0.05, 0) is 6.42 Å². The van der Waals surface area contributed by atoms with E-state index < -0.39 is 74.6 Å². The highest BCUT2D eigenvalue weighted by atomic mass is 16.7. The van der Waals surface area contributed by atoms with Crippen molar-refractivity contribution in [2.45, 2.75) is 120 Å². The number of hydrogen-bond acceptors (Lipinski definition) is 11. The van der Waals surface area contributed by atoms with Crippen molar-refractivity contribution in [3.63, 3.8) is 0 Å². The zero-order valence-electron chi connectivity index (χ0n) is 19.3. The van der Waals surface area contributed by atoms with Crippen LogP contribution in [-0.2, 0) is 18.9 Å². The molecule has 11 nitrogen and oxygen atoms in total. The van der Waals surface area contributed by atoms with Gasteiger partial charge in [0.1, 0.15) is 48.8 Å². The highest BCUT2D eigenvalue weighted by molar-refractivity contribution is 4.94.